The van der Waals surface area contributed by atoms with Crippen LogP contribution in [0.3, 0.4) is 0 Å². The average molecular weight is 343 g/mol. The molecule has 0 atom stereocenters. The van der Waals surface area contributed by atoms with E-state index >= 15 is 0 Å². The molecule has 0 bridgehead atoms. The van der Waals surface area contributed by atoms with Crippen LogP contribution >= 0.6 is 11.8 Å². The molecule has 0 aliphatic heterocycles. The molecule has 24 heavy (non-hydrogen) atoms. The van der Waals surface area contributed by atoms with Gasteiger partial charge in [-0.2, -0.15) is 0 Å². The van der Waals surface area contributed by atoms with Crippen LogP contribution in [0.15, 0.2) is 35.6 Å². The van der Waals surface area contributed by atoms with Crippen molar-refractivity contribution in [1.29, 1.82) is 0 Å². The Morgan fingerprint density at radius 3 is 2.79 bits per heavy atom. The van der Waals surface area contributed by atoms with Gasteiger partial charge in [0.1, 0.15) is 0 Å². The number of amides is 1. The van der Waals surface area contributed by atoms with Crippen molar-refractivity contribution in [1.82, 2.24) is 25.1 Å². The zero-order valence-corrected chi connectivity index (χ0v) is 15.1. The Balaban J connectivity index is 1.78. The summed E-state index contributed by atoms with van der Waals surface area (Å²) in [5, 5.41) is 13.3. The number of carbonyl (C=O) groups excluding carboxylic acids is 1. The number of benzene rings is 1. The number of thioether (sulfide) groups is 1. The first-order valence-corrected chi connectivity index (χ1v) is 8.73. The molecule has 126 valence electrons. The first-order valence-electron chi connectivity index (χ1n) is 7.75. The second-order valence-electron chi connectivity index (χ2n) is 6.70. The predicted octanol–water partition coefficient (Wildman–Crippen LogP) is 2.97. The molecule has 0 fully saturated rings. The van der Waals surface area contributed by atoms with Crippen LogP contribution in [0.2, 0.25) is 0 Å². The maximum absolute atomic E-state index is 12.0. The molecule has 0 saturated heterocycles. The number of carbonyl (C=O) groups is 1. The van der Waals surface area contributed by atoms with E-state index < -0.39 is 0 Å². The Morgan fingerprint density at radius 1 is 1.29 bits per heavy atom. The van der Waals surface area contributed by atoms with Crippen molar-refractivity contribution < 1.29 is 4.79 Å². The number of H-pyrrole nitrogens is 1. The van der Waals surface area contributed by atoms with Crippen LogP contribution in [-0.2, 0) is 11.8 Å². The smallest absolute Gasteiger partial charge is 0.230 e. The number of fused-ring (bicyclic) bond motifs is 1. The van der Waals surface area contributed by atoms with E-state index in [-0.39, 0.29) is 11.4 Å². The zero-order valence-electron chi connectivity index (χ0n) is 14.3. The molecule has 0 radical (unpaired) electrons. The van der Waals surface area contributed by atoms with Gasteiger partial charge in [0, 0.05) is 35.2 Å². The van der Waals surface area contributed by atoms with Gasteiger partial charge in [0.15, 0.2) is 11.0 Å². The third-order valence-corrected chi connectivity index (χ3v) is 4.53. The van der Waals surface area contributed by atoms with E-state index in [2.05, 4.69) is 26.6 Å². The van der Waals surface area contributed by atoms with Crippen LogP contribution in [0.4, 0.5) is 0 Å². The number of rotatable bonds is 4. The summed E-state index contributed by atoms with van der Waals surface area (Å²) in [4.78, 5) is 15.2. The molecule has 2 heterocycles. The quantitative estimate of drug-likeness (QED) is 0.714. The third kappa shape index (κ3) is 3.46. The Hall–Kier alpha value is -2.28. The van der Waals surface area contributed by atoms with Crippen LogP contribution in [0, 0.1) is 0 Å². The molecule has 2 N–H and O–H groups in total. The van der Waals surface area contributed by atoms with Crippen molar-refractivity contribution in [2.24, 2.45) is 7.05 Å². The van der Waals surface area contributed by atoms with Gasteiger partial charge in [-0.3, -0.25) is 4.79 Å². The summed E-state index contributed by atoms with van der Waals surface area (Å²) in [6.07, 6.45) is 1.94. The second kappa shape index (κ2) is 6.32. The summed E-state index contributed by atoms with van der Waals surface area (Å²) in [6, 6.07) is 8.08. The summed E-state index contributed by atoms with van der Waals surface area (Å²) in [5.74, 6) is 1.09. The molecule has 6 nitrogen and oxygen atoms in total. The molecule has 3 aromatic rings. The van der Waals surface area contributed by atoms with Gasteiger partial charge in [-0.15, -0.1) is 10.2 Å². The first kappa shape index (κ1) is 16.6. The van der Waals surface area contributed by atoms with E-state index in [1.165, 1.54) is 11.8 Å². The molecule has 1 aromatic carbocycles. The molecule has 1 amide bonds. The van der Waals surface area contributed by atoms with Gasteiger partial charge >= 0.3 is 0 Å². The topological polar surface area (TPSA) is 75.6 Å². The second-order valence-corrected chi connectivity index (χ2v) is 7.64. The fourth-order valence-corrected chi connectivity index (χ4v) is 3.23. The highest BCUT2D eigenvalue weighted by molar-refractivity contribution is 7.99. The third-order valence-electron chi connectivity index (χ3n) is 3.51. The van der Waals surface area contributed by atoms with Crippen LogP contribution in [-0.4, -0.2) is 36.9 Å². The number of nitrogens with one attached hydrogen (secondary N) is 2. The molecule has 7 heteroatoms. The van der Waals surface area contributed by atoms with Gasteiger partial charge in [-0.05, 0) is 26.8 Å². The summed E-state index contributed by atoms with van der Waals surface area (Å²) in [5.41, 5.74) is 1.84. The van der Waals surface area contributed by atoms with E-state index in [4.69, 9.17) is 0 Å². The van der Waals surface area contributed by atoms with Crippen molar-refractivity contribution in [2.75, 3.05) is 5.75 Å². The summed E-state index contributed by atoms with van der Waals surface area (Å²) < 4.78 is 1.92. The van der Waals surface area contributed by atoms with Gasteiger partial charge < -0.3 is 14.9 Å². The summed E-state index contributed by atoms with van der Waals surface area (Å²) in [6.45, 7) is 5.90. The molecule has 0 saturated carbocycles. The van der Waals surface area contributed by atoms with E-state index in [0.717, 1.165) is 27.4 Å². The van der Waals surface area contributed by atoms with Gasteiger partial charge in [-0.1, -0.05) is 30.0 Å². The highest BCUT2D eigenvalue weighted by Gasteiger charge is 2.17. The van der Waals surface area contributed by atoms with Gasteiger partial charge in [0.25, 0.3) is 0 Å². The van der Waals surface area contributed by atoms with Gasteiger partial charge in [0.05, 0.1) is 5.75 Å². The number of para-hydroxylation sites is 1. The molecule has 0 spiro atoms. The molecular formula is C17H21N5OS. The lowest BCUT2D eigenvalue weighted by atomic mass is 10.1. The molecule has 3 rings (SSSR count). The van der Waals surface area contributed by atoms with Crippen molar-refractivity contribution in [3.8, 4) is 11.4 Å². The molecule has 0 aliphatic carbocycles. The Labute approximate surface area is 145 Å². The Kier molecular flexibility index (Phi) is 4.36. The minimum atomic E-state index is -0.229. The van der Waals surface area contributed by atoms with Crippen LogP contribution in [0.5, 0.6) is 0 Å². The number of aromatic nitrogens is 4. The maximum atomic E-state index is 12.0. The summed E-state index contributed by atoms with van der Waals surface area (Å²) in [7, 11) is 1.92. The molecular weight excluding hydrogens is 322 g/mol. The molecule has 0 unspecified atom stereocenters. The highest BCUT2D eigenvalue weighted by Crippen LogP contribution is 2.29. The van der Waals surface area contributed by atoms with E-state index in [1.54, 1.807) is 0 Å². The van der Waals surface area contributed by atoms with Crippen molar-refractivity contribution in [3.63, 3.8) is 0 Å². The highest BCUT2D eigenvalue weighted by atomic mass is 32.2. The van der Waals surface area contributed by atoms with Crippen LogP contribution in [0.1, 0.15) is 20.8 Å². The van der Waals surface area contributed by atoms with E-state index in [0.29, 0.717) is 5.75 Å². The van der Waals surface area contributed by atoms with E-state index in [1.807, 2.05) is 56.8 Å². The van der Waals surface area contributed by atoms with Crippen molar-refractivity contribution >= 4 is 28.6 Å². The SMILES string of the molecule is Cn1c(SCC(=O)NC(C)(C)C)nnc1-c1c[nH]c2ccccc12. The number of hydrogen-bond donors (Lipinski definition) is 2. The largest absolute Gasteiger partial charge is 0.360 e. The van der Waals surface area contributed by atoms with Crippen LogP contribution < -0.4 is 5.32 Å². The predicted molar refractivity (Wildman–Crippen MR) is 96.9 cm³/mol. The first-order chi connectivity index (χ1) is 11.3. The summed E-state index contributed by atoms with van der Waals surface area (Å²) >= 11 is 1.39. The molecule has 2 aromatic heterocycles. The lowest BCUT2D eigenvalue weighted by molar-refractivity contribution is -0.119. The normalized spacial score (nSPS) is 11.8. The maximum Gasteiger partial charge on any atom is 0.230 e. The van der Waals surface area contributed by atoms with Crippen molar-refractivity contribution in [2.45, 2.75) is 31.5 Å². The standard InChI is InChI=1S/C17H21N5OS/c1-17(2,3)19-14(23)10-24-16-21-20-15(22(16)4)12-9-18-13-8-6-5-7-11(12)13/h5-9,18H,10H2,1-4H3,(H,19,23). The zero-order chi connectivity index (χ0) is 17.3. The van der Waals surface area contributed by atoms with Crippen molar-refractivity contribution in [3.05, 3.63) is 30.5 Å². The fraction of sp³-hybridized carbons (Fsp3) is 0.353. The Morgan fingerprint density at radius 2 is 2.04 bits per heavy atom. The van der Waals surface area contributed by atoms with E-state index in [9.17, 15) is 4.79 Å². The lowest BCUT2D eigenvalue weighted by Crippen LogP contribution is -2.41. The lowest BCUT2D eigenvalue weighted by Gasteiger charge is -2.20. The number of aromatic amines is 1. The monoisotopic (exact) mass is 343 g/mol. The van der Waals surface area contributed by atoms with Gasteiger partial charge in [0.2, 0.25) is 5.91 Å². The number of hydrogen-bond acceptors (Lipinski definition) is 4. The minimum Gasteiger partial charge on any atom is -0.360 e. The number of nitrogens with zero attached hydrogens (tertiary/aromatic N) is 3. The van der Waals surface area contributed by atoms with Gasteiger partial charge in [-0.25, -0.2) is 0 Å². The van der Waals surface area contributed by atoms with Crippen LogP contribution in [0.25, 0.3) is 22.3 Å². The fourth-order valence-electron chi connectivity index (χ4n) is 2.52. The Bertz CT molecular complexity index is 875. The minimum absolute atomic E-state index is 0.0101. The average Bonchev–Trinajstić information content (AvgIpc) is 3.07. The molecule has 0 aliphatic rings.